The highest BCUT2D eigenvalue weighted by molar-refractivity contribution is 5.49. The van der Waals surface area contributed by atoms with Gasteiger partial charge in [-0.2, -0.15) is 0 Å². The molecule has 0 aliphatic heterocycles. The van der Waals surface area contributed by atoms with E-state index in [-0.39, 0.29) is 0 Å². The molecule has 0 nitrogen and oxygen atoms in total. The van der Waals surface area contributed by atoms with Crippen molar-refractivity contribution in [2.75, 3.05) is 0 Å². The molecule has 1 aromatic carbocycles. The van der Waals surface area contributed by atoms with Crippen LogP contribution < -0.4 is 0 Å². The molecule has 1 aliphatic carbocycles. The van der Waals surface area contributed by atoms with Gasteiger partial charge in [-0.3, -0.25) is 0 Å². The first-order chi connectivity index (χ1) is 10.3. The molecule has 0 heteroatoms. The van der Waals surface area contributed by atoms with E-state index in [9.17, 15) is 0 Å². The standard InChI is InChI=1S/C21H32/c1-3-7-19-14-16-21(17-15-19)9-6-5-8-20-12-10-18(4-2)11-13-20/h5,8,10-13,19,21H,3-4,6-7,9,14-17H2,1-2H3. The summed E-state index contributed by atoms with van der Waals surface area (Å²) < 4.78 is 0. The molecular formula is C21H32. The fourth-order valence-corrected chi connectivity index (χ4v) is 3.63. The third kappa shape index (κ3) is 5.69. The number of allylic oxidation sites excluding steroid dienone is 1. The minimum Gasteiger partial charge on any atom is -0.0839 e. The predicted molar refractivity (Wildman–Crippen MR) is 94.4 cm³/mol. The van der Waals surface area contributed by atoms with Crippen LogP contribution in [0.4, 0.5) is 0 Å². The molecule has 0 N–H and O–H groups in total. The van der Waals surface area contributed by atoms with E-state index < -0.39 is 0 Å². The fourth-order valence-electron chi connectivity index (χ4n) is 3.63. The highest BCUT2D eigenvalue weighted by atomic mass is 14.2. The molecule has 1 aromatic rings. The van der Waals surface area contributed by atoms with Crippen LogP contribution in [0.2, 0.25) is 0 Å². The van der Waals surface area contributed by atoms with Crippen LogP contribution in [-0.2, 0) is 6.42 Å². The zero-order valence-corrected chi connectivity index (χ0v) is 14.0. The first-order valence-electron chi connectivity index (χ1n) is 9.07. The van der Waals surface area contributed by atoms with E-state index in [0.717, 1.165) is 18.3 Å². The summed E-state index contributed by atoms with van der Waals surface area (Å²) in [5.74, 6) is 2.03. The van der Waals surface area contributed by atoms with E-state index in [1.807, 2.05) is 0 Å². The molecule has 0 bridgehead atoms. The van der Waals surface area contributed by atoms with Gasteiger partial charge in [0.1, 0.15) is 0 Å². The second kappa shape index (κ2) is 9.07. The van der Waals surface area contributed by atoms with Crippen LogP contribution >= 0.6 is 0 Å². The van der Waals surface area contributed by atoms with Crippen molar-refractivity contribution in [2.45, 2.75) is 71.6 Å². The second-order valence-electron chi connectivity index (χ2n) is 6.75. The number of benzene rings is 1. The molecule has 116 valence electrons. The van der Waals surface area contributed by atoms with Gasteiger partial charge in [-0.15, -0.1) is 0 Å². The van der Waals surface area contributed by atoms with Crippen molar-refractivity contribution in [3.63, 3.8) is 0 Å². The molecule has 21 heavy (non-hydrogen) atoms. The lowest BCUT2D eigenvalue weighted by atomic mass is 9.78. The Morgan fingerprint density at radius 1 is 0.905 bits per heavy atom. The van der Waals surface area contributed by atoms with Crippen LogP contribution in [0.1, 0.15) is 76.3 Å². The maximum absolute atomic E-state index is 2.37. The quantitative estimate of drug-likeness (QED) is 0.526. The molecule has 0 saturated heterocycles. The average molecular weight is 284 g/mol. The van der Waals surface area contributed by atoms with Gasteiger partial charge in [-0.25, -0.2) is 0 Å². The van der Waals surface area contributed by atoms with Crippen LogP contribution in [0.25, 0.3) is 6.08 Å². The van der Waals surface area contributed by atoms with Gasteiger partial charge in [0.15, 0.2) is 0 Å². The summed E-state index contributed by atoms with van der Waals surface area (Å²) in [6.45, 7) is 4.53. The summed E-state index contributed by atoms with van der Waals surface area (Å²) in [6.07, 6.45) is 17.2. The molecule has 0 aromatic heterocycles. The molecular weight excluding hydrogens is 252 g/mol. The highest BCUT2D eigenvalue weighted by Gasteiger charge is 2.19. The lowest BCUT2D eigenvalue weighted by Gasteiger charge is -2.28. The Balaban J connectivity index is 1.66. The van der Waals surface area contributed by atoms with Crippen LogP contribution in [0.15, 0.2) is 30.3 Å². The second-order valence-corrected chi connectivity index (χ2v) is 6.75. The lowest BCUT2D eigenvalue weighted by molar-refractivity contribution is 0.253. The summed E-state index contributed by atoms with van der Waals surface area (Å²) in [5.41, 5.74) is 2.77. The maximum atomic E-state index is 2.37. The number of rotatable bonds is 7. The van der Waals surface area contributed by atoms with Crippen molar-refractivity contribution in [1.29, 1.82) is 0 Å². The van der Waals surface area contributed by atoms with Crippen molar-refractivity contribution in [1.82, 2.24) is 0 Å². The molecule has 0 heterocycles. The van der Waals surface area contributed by atoms with E-state index in [2.05, 4.69) is 50.3 Å². The third-order valence-electron chi connectivity index (χ3n) is 5.10. The molecule has 0 radical (unpaired) electrons. The predicted octanol–water partition coefficient (Wildman–Crippen LogP) is 6.65. The molecule has 1 aliphatic rings. The number of aryl methyl sites for hydroxylation is 1. The number of hydrogen-bond donors (Lipinski definition) is 0. The Kier molecular flexibility index (Phi) is 7.06. The summed E-state index contributed by atoms with van der Waals surface area (Å²) in [6, 6.07) is 8.97. The Hall–Kier alpha value is -1.04. The largest absolute Gasteiger partial charge is 0.0839 e. The van der Waals surface area contributed by atoms with E-state index in [4.69, 9.17) is 0 Å². The van der Waals surface area contributed by atoms with Crippen molar-refractivity contribution < 1.29 is 0 Å². The van der Waals surface area contributed by atoms with Gasteiger partial charge in [0.05, 0.1) is 0 Å². The molecule has 1 saturated carbocycles. The smallest absolute Gasteiger partial charge is 0.0260 e. The van der Waals surface area contributed by atoms with E-state index >= 15 is 0 Å². The van der Waals surface area contributed by atoms with E-state index in [1.54, 1.807) is 0 Å². The first kappa shape index (κ1) is 16.3. The molecule has 0 spiro atoms. The number of hydrogen-bond acceptors (Lipinski definition) is 0. The minimum atomic E-state index is 0.991. The van der Waals surface area contributed by atoms with Crippen LogP contribution in [0, 0.1) is 11.8 Å². The third-order valence-corrected chi connectivity index (χ3v) is 5.10. The van der Waals surface area contributed by atoms with Gasteiger partial charge in [0.25, 0.3) is 0 Å². The Morgan fingerprint density at radius 2 is 1.52 bits per heavy atom. The van der Waals surface area contributed by atoms with Gasteiger partial charge in [-0.05, 0) is 42.2 Å². The van der Waals surface area contributed by atoms with Crippen LogP contribution in [0.5, 0.6) is 0 Å². The average Bonchev–Trinajstić information content (AvgIpc) is 2.54. The van der Waals surface area contributed by atoms with Gasteiger partial charge < -0.3 is 0 Å². The topological polar surface area (TPSA) is 0 Å². The lowest BCUT2D eigenvalue weighted by Crippen LogP contribution is -2.14. The first-order valence-corrected chi connectivity index (χ1v) is 9.07. The Labute approximate surface area is 131 Å². The molecule has 2 rings (SSSR count). The molecule has 0 atom stereocenters. The van der Waals surface area contributed by atoms with Gasteiger partial charge >= 0.3 is 0 Å². The highest BCUT2D eigenvalue weighted by Crippen LogP contribution is 2.33. The van der Waals surface area contributed by atoms with Crippen LogP contribution in [-0.4, -0.2) is 0 Å². The Morgan fingerprint density at radius 3 is 2.10 bits per heavy atom. The van der Waals surface area contributed by atoms with Gasteiger partial charge in [0, 0.05) is 0 Å². The molecule has 1 fully saturated rings. The Bertz CT molecular complexity index is 404. The van der Waals surface area contributed by atoms with Gasteiger partial charge in [-0.1, -0.05) is 88.8 Å². The van der Waals surface area contributed by atoms with E-state index in [1.165, 1.54) is 62.5 Å². The fraction of sp³-hybridized carbons (Fsp3) is 0.619. The summed E-state index contributed by atoms with van der Waals surface area (Å²) in [7, 11) is 0. The zero-order chi connectivity index (χ0) is 14.9. The monoisotopic (exact) mass is 284 g/mol. The van der Waals surface area contributed by atoms with Crippen molar-refractivity contribution in [3.05, 3.63) is 41.5 Å². The minimum absolute atomic E-state index is 0.991. The zero-order valence-electron chi connectivity index (χ0n) is 14.0. The normalized spacial score (nSPS) is 22.8. The van der Waals surface area contributed by atoms with Crippen molar-refractivity contribution in [3.8, 4) is 0 Å². The summed E-state index contributed by atoms with van der Waals surface area (Å²) >= 11 is 0. The summed E-state index contributed by atoms with van der Waals surface area (Å²) in [5, 5.41) is 0. The molecule has 0 unspecified atom stereocenters. The van der Waals surface area contributed by atoms with Crippen molar-refractivity contribution in [2.24, 2.45) is 11.8 Å². The maximum Gasteiger partial charge on any atom is -0.0260 e. The van der Waals surface area contributed by atoms with Crippen molar-refractivity contribution >= 4 is 6.08 Å². The van der Waals surface area contributed by atoms with E-state index in [0.29, 0.717) is 0 Å². The van der Waals surface area contributed by atoms with Gasteiger partial charge in [0.2, 0.25) is 0 Å². The van der Waals surface area contributed by atoms with Crippen LogP contribution in [0.3, 0.4) is 0 Å². The molecule has 0 amide bonds. The SMILES string of the molecule is CCCC1CCC(CCC=Cc2ccc(CC)cc2)CC1. The summed E-state index contributed by atoms with van der Waals surface area (Å²) in [4.78, 5) is 0.